The minimum absolute atomic E-state index is 0.0127. The third-order valence-corrected chi connectivity index (χ3v) is 4.20. The number of aliphatic imine (C=N–C) groups is 1. The molecule has 1 saturated heterocycles. The number of hydrogen-bond donors (Lipinski definition) is 1. The monoisotopic (exact) mass is 339 g/mol. The van der Waals surface area contributed by atoms with Gasteiger partial charge in [0.05, 0.1) is 15.5 Å². The van der Waals surface area contributed by atoms with Gasteiger partial charge in [-0.2, -0.15) is 0 Å². The molecule has 6 nitrogen and oxygen atoms in total. The number of nitrogens with zero attached hydrogens (tertiary/aromatic N) is 2. The van der Waals surface area contributed by atoms with Crippen LogP contribution in [0, 0.1) is 17.0 Å². The lowest BCUT2D eigenvalue weighted by Crippen LogP contribution is -2.19. The Morgan fingerprint density at radius 3 is 2.67 bits per heavy atom. The molecule has 0 aliphatic carbocycles. The molecular formula is C17H13N3O3S. The van der Waals surface area contributed by atoms with Gasteiger partial charge in [0.25, 0.3) is 11.6 Å². The molecule has 24 heavy (non-hydrogen) atoms. The number of carbonyl (C=O) groups excluding carboxylic acids is 1. The fourth-order valence-electron chi connectivity index (χ4n) is 2.10. The Morgan fingerprint density at radius 1 is 1.21 bits per heavy atom. The van der Waals surface area contributed by atoms with Crippen molar-refractivity contribution in [1.29, 1.82) is 0 Å². The quantitative estimate of drug-likeness (QED) is 0.524. The van der Waals surface area contributed by atoms with Gasteiger partial charge in [-0.1, -0.05) is 29.8 Å². The van der Waals surface area contributed by atoms with Gasteiger partial charge in [0.15, 0.2) is 5.17 Å². The maximum atomic E-state index is 12.0. The van der Waals surface area contributed by atoms with Gasteiger partial charge in [0.1, 0.15) is 0 Å². The molecule has 1 N–H and O–H groups in total. The summed E-state index contributed by atoms with van der Waals surface area (Å²) >= 11 is 1.21. The number of benzene rings is 2. The summed E-state index contributed by atoms with van der Waals surface area (Å²) < 4.78 is 0. The highest BCUT2D eigenvalue weighted by Gasteiger charge is 2.24. The van der Waals surface area contributed by atoms with Gasteiger partial charge in [-0.05, 0) is 42.5 Å². The first-order valence-corrected chi connectivity index (χ1v) is 7.93. The molecule has 7 heteroatoms. The van der Waals surface area contributed by atoms with Crippen LogP contribution in [0.25, 0.3) is 6.08 Å². The van der Waals surface area contributed by atoms with Crippen LogP contribution in [0.15, 0.2) is 58.4 Å². The molecule has 1 fully saturated rings. The second-order valence-corrected chi connectivity index (χ2v) is 6.20. The molecule has 1 amide bonds. The molecule has 0 atom stereocenters. The van der Waals surface area contributed by atoms with Crippen molar-refractivity contribution < 1.29 is 9.72 Å². The van der Waals surface area contributed by atoms with Gasteiger partial charge in [-0.25, -0.2) is 4.99 Å². The van der Waals surface area contributed by atoms with Crippen molar-refractivity contribution in [3.8, 4) is 0 Å². The van der Waals surface area contributed by atoms with E-state index in [2.05, 4.69) is 10.3 Å². The van der Waals surface area contributed by atoms with Gasteiger partial charge in [-0.3, -0.25) is 14.9 Å². The van der Waals surface area contributed by atoms with Gasteiger partial charge in [0, 0.05) is 12.1 Å². The maximum Gasteiger partial charge on any atom is 0.270 e. The van der Waals surface area contributed by atoms with Crippen LogP contribution in [0.4, 0.5) is 11.4 Å². The van der Waals surface area contributed by atoms with Crippen molar-refractivity contribution in [2.45, 2.75) is 6.92 Å². The molecule has 0 bridgehead atoms. The van der Waals surface area contributed by atoms with Crippen molar-refractivity contribution in [3.05, 3.63) is 74.7 Å². The summed E-state index contributed by atoms with van der Waals surface area (Å²) in [7, 11) is 0. The summed E-state index contributed by atoms with van der Waals surface area (Å²) in [6, 6.07) is 13.8. The minimum Gasteiger partial charge on any atom is -0.300 e. The number of amides is 1. The average molecular weight is 339 g/mol. The molecule has 120 valence electrons. The molecule has 0 aromatic heterocycles. The summed E-state index contributed by atoms with van der Waals surface area (Å²) in [5.41, 5.74) is 2.47. The maximum absolute atomic E-state index is 12.0. The Hall–Kier alpha value is -2.93. The van der Waals surface area contributed by atoms with Crippen molar-refractivity contribution in [1.82, 2.24) is 5.32 Å². The first-order chi connectivity index (χ1) is 11.5. The number of nitro groups is 1. The molecule has 2 aromatic rings. The number of hydrogen-bond acceptors (Lipinski definition) is 5. The van der Waals surface area contributed by atoms with E-state index >= 15 is 0 Å². The molecular weight excluding hydrogens is 326 g/mol. The SMILES string of the molecule is Cc1ccc(N=C2NC(=O)/C(=C/c3cccc([N+](=O)[O-])c3)S2)cc1. The summed E-state index contributed by atoms with van der Waals surface area (Å²) in [6.45, 7) is 1.99. The zero-order chi connectivity index (χ0) is 17.1. The number of non-ortho nitro benzene ring substituents is 1. The van der Waals surface area contributed by atoms with Crippen LogP contribution in [0.2, 0.25) is 0 Å². The number of carbonyl (C=O) groups is 1. The number of thioether (sulfide) groups is 1. The average Bonchev–Trinajstić information content (AvgIpc) is 2.89. The standard InChI is InChI=1S/C17H13N3O3S/c1-11-5-7-13(8-6-11)18-17-19-16(21)15(24-17)10-12-3-2-4-14(9-12)20(22)23/h2-10H,1H3,(H,18,19,21)/b15-10-. The Morgan fingerprint density at radius 2 is 1.96 bits per heavy atom. The van der Waals surface area contributed by atoms with Gasteiger partial charge < -0.3 is 5.32 Å². The van der Waals surface area contributed by atoms with Crippen LogP contribution in [0.5, 0.6) is 0 Å². The van der Waals surface area contributed by atoms with E-state index in [4.69, 9.17) is 0 Å². The second-order valence-electron chi connectivity index (χ2n) is 5.17. The van der Waals surface area contributed by atoms with E-state index in [0.717, 1.165) is 11.3 Å². The largest absolute Gasteiger partial charge is 0.300 e. The van der Waals surface area contributed by atoms with Crippen LogP contribution < -0.4 is 5.32 Å². The Bertz CT molecular complexity index is 873. The van der Waals surface area contributed by atoms with Crippen LogP contribution in [-0.4, -0.2) is 16.0 Å². The number of aryl methyl sites for hydroxylation is 1. The Labute approximate surface area is 142 Å². The zero-order valence-corrected chi connectivity index (χ0v) is 13.5. The summed E-state index contributed by atoms with van der Waals surface area (Å²) in [5, 5.41) is 14.0. The molecule has 0 spiro atoms. The lowest BCUT2D eigenvalue weighted by Gasteiger charge is -1.97. The van der Waals surface area contributed by atoms with E-state index < -0.39 is 4.92 Å². The van der Waals surface area contributed by atoms with E-state index in [9.17, 15) is 14.9 Å². The molecule has 1 heterocycles. The Balaban J connectivity index is 1.83. The predicted molar refractivity (Wildman–Crippen MR) is 95.1 cm³/mol. The highest BCUT2D eigenvalue weighted by molar-refractivity contribution is 8.18. The molecule has 0 saturated carbocycles. The first-order valence-electron chi connectivity index (χ1n) is 7.12. The zero-order valence-electron chi connectivity index (χ0n) is 12.7. The number of nitro benzene ring substituents is 1. The van der Waals surface area contributed by atoms with Crippen molar-refractivity contribution in [3.63, 3.8) is 0 Å². The smallest absolute Gasteiger partial charge is 0.270 e. The van der Waals surface area contributed by atoms with Crippen LogP contribution >= 0.6 is 11.8 Å². The molecule has 0 unspecified atom stereocenters. The summed E-state index contributed by atoms with van der Waals surface area (Å²) in [6.07, 6.45) is 1.62. The van der Waals surface area contributed by atoms with Crippen molar-refractivity contribution >= 4 is 40.3 Å². The van der Waals surface area contributed by atoms with Crippen molar-refractivity contribution in [2.24, 2.45) is 4.99 Å². The van der Waals surface area contributed by atoms with E-state index in [0.29, 0.717) is 15.6 Å². The Kier molecular flexibility index (Phi) is 4.43. The highest BCUT2D eigenvalue weighted by Crippen LogP contribution is 2.28. The lowest BCUT2D eigenvalue weighted by atomic mass is 10.2. The van der Waals surface area contributed by atoms with E-state index in [1.54, 1.807) is 18.2 Å². The molecule has 1 aliphatic rings. The summed E-state index contributed by atoms with van der Waals surface area (Å²) in [5.74, 6) is -0.266. The fourth-order valence-corrected chi connectivity index (χ4v) is 2.94. The van der Waals surface area contributed by atoms with Gasteiger partial charge >= 0.3 is 0 Å². The topological polar surface area (TPSA) is 84.6 Å². The molecule has 0 radical (unpaired) electrons. The molecule has 2 aromatic carbocycles. The highest BCUT2D eigenvalue weighted by atomic mass is 32.2. The minimum atomic E-state index is -0.464. The molecule has 3 rings (SSSR count). The van der Waals surface area contributed by atoms with Crippen LogP contribution in [0.1, 0.15) is 11.1 Å². The molecule has 1 aliphatic heterocycles. The first kappa shape index (κ1) is 15.9. The predicted octanol–water partition coefficient (Wildman–Crippen LogP) is 3.79. The normalized spacial score (nSPS) is 17.3. The van der Waals surface area contributed by atoms with Crippen LogP contribution in [-0.2, 0) is 4.79 Å². The fraction of sp³-hybridized carbons (Fsp3) is 0.0588. The number of rotatable bonds is 3. The van der Waals surface area contributed by atoms with E-state index in [1.165, 1.54) is 23.9 Å². The van der Waals surface area contributed by atoms with E-state index in [1.807, 2.05) is 31.2 Å². The van der Waals surface area contributed by atoms with Gasteiger partial charge in [-0.15, -0.1) is 0 Å². The van der Waals surface area contributed by atoms with Crippen molar-refractivity contribution in [2.75, 3.05) is 0 Å². The summed E-state index contributed by atoms with van der Waals surface area (Å²) in [4.78, 5) is 27.2. The van der Waals surface area contributed by atoms with Crippen LogP contribution in [0.3, 0.4) is 0 Å². The van der Waals surface area contributed by atoms with Gasteiger partial charge in [0.2, 0.25) is 0 Å². The second kappa shape index (κ2) is 6.67. The number of nitrogens with one attached hydrogen (secondary N) is 1. The lowest BCUT2D eigenvalue weighted by molar-refractivity contribution is -0.384. The van der Waals surface area contributed by atoms with E-state index in [-0.39, 0.29) is 11.6 Å². The third kappa shape index (κ3) is 3.69. The third-order valence-electron chi connectivity index (χ3n) is 3.29. The number of amidine groups is 1.